The van der Waals surface area contributed by atoms with E-state index in [1.165, 1.54) is 19.3 Å². The molecule has 0 N–H and O–H groups in total. The second-order valence-electron chi connectivity index (χ2n) is 3.06. The topological polar surface area (TPSA) is 76.8 Å². The van der Waals surface area contributed by atoms with E-state index < -0.39 is 0 Å². The summed E-state index contributed by atoms with van der Waals surface area (Å²) in [6, 6.07) is 0. The Hall–Kier alpha value is -0.578. The first kappa shape index (κ1) is 24.6. The molecule has 0 saturated heterocycles. The summed E-state index contributed by atoms with van der Waals surface area (Å²) in [4.78, 5) is 10.4. The molecule has 1 saturated carbocycles. The maximum atomic E-state index is 10.4. The van der Waals surface area contributed by atoms with Crippen molar-refractivity contribution in [3.05, 3.63) is 20.0 Å². The minimum Gasteiger partial charge on any atom is 0 e. The Morgan fingerprint density at radius 3 is 1.62 bits per heavy atom. The molecule has 0 amide bonds. The summed E-state index contributed by atoms with van der Waals surface area (Å²) >= 11 is 0. The summed E-state index contributed by atoms with van der Waals surface area (Å²) in [7, 11) is 0. The maximum absolute atomic E-state index is 10.4. The molecule has 1 aliphatic carbocycles. The van der Waals surface area contributed by atoms with E-state index in [2.05, 4.69) is 26.9 Å². The predicted octanol–water partition coefficient (Wildman–Crippen LogP) is 1.90. The average molecular weight is 262 g/mol. The van der Waals surface area contributed by atoms with Crippen LogP contribution in [0.1, 0.15) is 32.6 Å². The molecule has 0 aromatic carbocycles. The van der Waals surface area contributed by atoms with E-state index >= 15 is 0 Å². The average Bonchev–Trinajstić information content (AvgIpc) is 2.37. The zero-order valence-corrected chi connectivity index (χ0v) is 10.4. The van der Waals surface area contributed by atoms with Crippen LogP contribution in [0.15, 0.2) is 0 Å². The zero-order chi connectivity index (χ0) is 12.7. The molecular formula is C11H14CrO4. The summed E-state index contributed by atoms with van der Waals surface area (Å²) in [5.74, 6) is 1.02. The molecule has 2 atom stereocenters. The molecule has 16 heavy (non-hydrogen) atoms. The van der Waals surface area contributed by atoms with E-state index in [0.717, 1.165) is 12.7 Å². The SMILES string of the molecule is CC1CCCCC1C=O.[C-]#[O+].[C-]#[O+].[C-]#[O+].[Cr]. The summed E-state index contributed by atoms with van der Waals surface area (Å²) in [6.07, 6.45) is 6.09. The first-order valence-corrected chi connectivity index (χ1v) is 4.41. The first-order chi connectivity index (χ1) is 7.34. The van der Waals surface area contributed by atoms with E-state index in [1.54, 1.807) is 0 Å². The number of aldehydes is 1. The minimum atomic E-state index is 0. The third-order valence-corrected chi connectivity index (χ3v) is 2.35. The number of hydrogen-bond donors (Lipinski definition) is 0. The van der Waals surface area contributed by atoms with Crippen LogP contribution < -0.4 is 0 Å². The van der Waals surface area contributed by atoms with Crippen molar-refractivity contribution < 1.29 is 36.1 Å². The normalized spacial score (nSPS) is 20.7. The summed E-state index contributed by atoms with van der Waals surface area (Å²) in [5.41, 5.74) is 0. The minimum absolute atomic E-state index is 0. The van der Waals surface area contributed by atoms with Gasteiger partial charge in [-0.15, -0.1) is 0 Å². The molecule has 1 aliphatic rings. The molecule has 0 spiro atoms. The van der Waals surface area contributed by atoms with Gasteiger partial charge < -0.3 is 4.79 Å². The fraction of sp³-hybridized carbons (Fsp3) is 0.636. The molecule has 0 aromatic heterocycles. The van der Waals surface area contributed by atoms with E-state index in [0.29, 0.717) is 11.8 Å². The van der Waals surface area contributed by atoms with Gasteiger partial charge in [0, 0.05) is 23.3 Å². The Morgan fingerprint density at radius 2 is 1.38 bits per heavy atom. The molecule has 0 radical (unpaired) electrons. The van der Waals surface area contributed by atoms with Crippen LogP contribution in [0, 0.1) is 31.8 Å². The van der Waals surface area contributed by atoms with Gasteiger partial charge in [0.05, 0.1) is 0 Å². The number of rotatable bonds is 1. The largest absolute Gasteiger partial charge is 0 e. The molecule has 88 valence electrons. The Labute approximate surface area is 107 Å². The van der Waals surface area contributed by atoms with Gasteiger partial charge in [-0.1, -0.05) is 26.2 Å². The van der Waals surface area contributed by atoms with E-state index in [4.69, 9.17) is 14.0 Å². The van der Waals surface area contributed by atoms with Crippen molar-refractivity contribution >= 4 is 6.29 Å². The Morgan fingerprint density at radius 1 is 1.00 bits per heavy atom. The van der Waals surface area contributed by atoms with Gasteiger partial charge in [-0.3, -0.25) is 0 Å². The van der Waals surface area contributed by atoms with Crippen molar-refractivity contribution in [1.82, 2.24) is 0 Å². The van der Waals surface area contributed by atoms with Crippen molar-refractivity contribution in [3.8, 4) is 0 Å². The van der Waals surface area contributed by atoms with Gasteiger partial charge >= 0.3 is 33.9 Å². The molecule has 5 heteroatoms. The van der Waals surface area contributed by atoms with Crippen LogP contribution in [0.4, 0.5) is 0 Å². The summed E-state index contributed by atoms with van der Waals surface area (Å²) in [5, 5.41) is 0. The molecule has 0 heterocycles. The standard InChI is InChI=1S/C8H14O.3CO.Cr/c1-7-4-2-3-5-8(7)6-9;3*1-2;/h6-8H,2-5H2,1H3;;;;. The zero-order valence-electron chi connectivity index (χ0n) is 9.10. The molecule has 0 aliphatic heterocycles. The molecule has 2 unspecified atom stereocenters. The van der Waals surface area contributed by atoms with Gasteiger partial charge in [-0.25, -0.2) is 0 Å². The quantitative estimate of drug-likeness (QED) is 0.404. The summed E-state index contributed by atoms with van der Waals surface area (Å²) < 4.78 is 22.5. The number of carbonyl (C=O) groups is 1. The van der Waals surface area contributed by atoms with Crippen molar-refractivity contribution in [3.63, 3.8) is 0 Å². The van der Waals surface area contributed by atoms with Gasteiger partial charge in [0.2, 0.25) is 0 Å². The molecule has 0 bridgehead atoms. The molecule has 1 fully saturated rings. The van der Waals surface area contributed by atoms with Crippen molar-refractivity contribution in [2.24, 2.45) is 11.8 Å². The fourth-order valence-corrected chi connectivity index (χ4v) is 1.55. The van der Waals surface area contributed by atoms with Crippen LogP contribution in [0.25, 0.3) is 0 Å². The smallest absolute Gasteiger partial charge is 0 e. The van der Waals surface area contributed by atoms with Gasteiger partial charge in [0.1, 0.15) is 6.29 Å². The first-order valence-electron chi connectivity index (χ1n) is 4.41. The van der Waals surface area contributed by atoms with Crippen LogP contribution in [-0.2, 0) is 36.1 Å². The van der Waals surface area contributed by atoms with E-state index in [9.17, 15) is 4.79 Å². The van der Waals surface area contributed by atoms with Gasteiger partial charge in [-0.2, -0.15) is 0 Å². The Kier molecular flexibility index (Phi) is 36.8. The molecule has 1 rings (SSSR count). The Bertz CT molecular complexity index is 184. The molecular weight excluding hydrogens is 248 g/mol. The van der Waals surface area contributed by atoms with E-state index in [-0.39, 0.29) is 17.4 Å². The van der Waals surface area contributed by atoms with Crippen LogP contribution in [0.5, 0.6) is 0 Å². The van der Waals surface area contributed by atoms with Crippen LogP contribution in [0.3, 0.4) is 0 Å². The van der Waals surface area contributed by atoms with Crippen molar-refractivity contribution in [2.75, 3.05) is 0 Å². The van der Waals surface area contributed by atoms with Crippen LogP contribution in [-0.4, -0.2) is 6.29 Å². The van der Waals surface area contributed by atoms with Gasteiger partial charge in [0.15, 0.2) is 0 Å². The number of carbonyl (C=O) groups excluding carboxylic acids is 1. The maximum Gasteiger partial charge on any atom is 0 e. The monoisotopic (exact) mass is 262 g/mol. The predicted molar refractivity (Wildman–Crippen MR) is 49.0 cm³/mol. The fourth-order valence-electron chi connectivity index (χ4n) is 1.55. The van der Waals surface area contributed by atoms with Gasteiger partial charge in [0.25, 0.3) is 0 Å². The molecule has 0 aromatic rings. The third-order valence-electron chi connectivity index (χ3n) is 2.35. The second-order valence-corrected chi connectivity index (χ2v) is 3.06. The van der Waals surface area contributed by atoms with Gasteiger partial charge in [-0.05, 0) is 12.3 Å². The van der Waals surface area contributed by atoms with Crippen LogP contribution >= 0.6 is 0 Å². The van der Waals surface area contributed by atoms with E-state index in [1.807, 2.05) is 0 Å². The molecule has 4 nitrogen and oxygen atoms in total. The van der Waals surface area contributed by atoms with Crippen molar-refractivity contribution in [2.45, 2.75) is 32.6 Å². The number of hydrogen-bond acceptors (Lipinski definition) is 1. The second kappa shape index (κ2) is 23.9. The van der Waals surface area contributed by atoms with Crippen LogP contribution in [0.2, 0.25) is 0 Å². The Balaban J connectivity index is -0.0000000900. The van der Waals surface area contributed by atoms with Crippen molar-refractivity contribution in [1.29, 1.82) is 0 Å². The summed E-state index contributed by atoms with van der Waals surface area (Å²) in [6.45, 7) is 15.7. The third kappa shape index (κ3) is 13.4.